The van der Waals surface area contributed by atoms with E-state index in [1.807, 2.05) is 6.26 Å². The SMILES string of the molecule is CSc1nc(Cl)cc(N=C(N)CC(C)=N)n1. The molecule has 16 heavy (non-hydrogen) atoms. The number of rotatable bonds is 4. The van der Waals surface area contributed by atoms with Crippen molar-refractivity contribution < 1.29 is 0 Å². The molecule has 1 heterocycles. The van der Waals surface area contributed by atoms with Crippen LogP contribution in [0.5, 0.6) is 0 Å². The zero-order chi connectivity index (χ0) is 12.1. The molecule has 1 aromatic heterocycles. The predicted molar refractivity (Wildman–Crippen MR) is 68.1 cm³/mol. The highest BCUT2D eigenvalue weighted by molar-refractivity contribution is 7.98. The van der Waals surface area contributed by atoms with Crippen molar-refractivity contribution in [2.75, 3.05) is 6.26 Å². The Hall–Kier alpha value is -1.14. The van der Waals surface area contributed by atoms with Gasteiger partial charge in [0.05, 0.1) is 0 Å². The average Bonchev–Trinajstić information content (AvgIpc) is 2.14. The minimum Gasteiger partial charge on any atom is -0.387 e. The van der Waals surface area contributed by atoms with Crippen LogP contribution in [0, 0.1) is 5.41 Å². The molecule has 0 aromatic carbocycles. The van der Waals surface area contributed by atoms with Crippen LogP contribution < -0.4 is 5.73 Å². The fourth-order valence-electron chi connectivity index (χ4n) is 0.992. The van der Waals surface area contributed by atoms with Crippen molar-refractivity contribution in [1.82, 2.24) is 9.97 Å². The molecule has 0 fully saturated rings. The number of nitrogens with zero attached hydrogens (tertiary/aromatic N) is 3. The Labute approximate surface area is 103 Å². The lowest BCUT2D eigenvalue weighted by Crippen LogP contribution is -2.14. The Bertz CT molecular complexity index is 432. The van der Waals surface area contributed by atoms with Gasteiger partial charge >= 0.3 is 0 Å². The molecule has 0 atom stereocenters. The second kappa shape index (κ2) is 5.81. The Kier molecular flexibility index (Phi) is 4.70. The second-order valence-corrected chi connectivity index (χ2v) is 4.26. The molecular formula is C9H12ClN5S. The van der Waals surface area contributed by atoms with Crippen LogP contribution in [0.4, 0.5) is 5.82 Å². The average molecular weight is 258 g/mol. The van der Waals surface area contributed by atoms with Crippen LogP contribution in [0.2, 0.25) is 5.15 Å². The van der Waals surface area contributed by atoms with Crippen LogP contribution in [0.15, 0.2) is 16.2 Å². The first kappa shape index (κ1) is 12.9. The predicted octanol–water partition coefficient (Wildman–Crippen LogP) is 2.27. The number of hydrogen-bond acceptors (Lipinski definition) is 5. The van der Waals surface area contributed by atoms with Crippen molar-refractivity contribution in [2.24, 2.45) is 10.7 Å². The molecule has 0 amide bonds. The molecule has 0 bridgehead atoms. The Morgan fingerprint density at radius 2 is 2.31 bits per heavy atom. The van der Waals surface area contributed by atoms with Crippen LogP contribution in [0.3, 0.4) is 0 Å². The maximum atomic E-state index is 7.29. The standard InChI is InChI=1S/C9H12ClN5S/c1-5(11)3-7(12)14-8-4-6(10)13-9(15-8)16-2/h4,11H,3H2,1-2H3,(H2,12,13,14,15). The highest BCUT2D eigenvalue weighted by Gasteiger charge is 2.02. The van der Waals surface area contributed by atoms with Gasteiger partial charge in [0.2, 0.25) is 0 Å². The molecule has 0 aliphatic rings. The summed E-state index contributed by atoms with van der Waals surface area (Å²) in [7, 11) is 0. The van der Waals surface area contributed by atoms with Crippen molar-refractivity contribution in [3.8, 4) is 0 Å². The summed E-state index contributed by atoms with van der Waals surface area (Å²) >= 11 is 7.18. The van der Waals surface area contributed by atoms with E-state index in [2.05, 4.69) is 15.0 Å². The molecule has 0 radical (unpaired) electrons. The van der Waals surface area contributed by atoms with Crippen molar-refractivity contribution in [3.63, 3.8) is 0 Å². The molecule has 1 rings (SSSR count). The molecule has 5 nitrogen and oxygen atoms in total. The number of halogens is 1. The van der Waals surface area contributed by atoms with E-state index < -0.39 is 0 Å². The van der Waals surface area contributed by atoms with Crippen LogP contribution in [-0.4, -0.2) is 27.8 Å². The maximum Gasteiger partial charge on any atom is 0.190 e. The molecule has 0 aliphatic heterocycles. The summed E-state index contributed by atoms with van der Waals surface area (Å²) in [5, 5.41) is 8.17. The van der Waals surface area contributed by atoms with Crippen molar-refractivity contribution in [3.05, 3.63) is 11.2 Å². The highest BCUT2D eigenvalue weighted by Crippen LogP contribution is 2.19. The molecule has 86 valence electrons. The number of nitrogens with two attached hydrogens (primary N) is 1. The smallest absolute Gasteiger partial charge is 0.190 e. The van der Waals surface area contributed by atoms with Gasteiger partial charge in [0.1, 0.15) is 11.0 Å². The first-order valence-corrected chi connectivity index (χ1v) is 6.07. The van der Waals surface area contributed by atoms with E-state index in [4.69, 9.17) is 22.7 Å². The van der Waals surface area contributed by atoms with Crippen LogP contribution >= 0.6 is 23.4 Å². The van der Waals surface area contributed by atoms with Gasteiger partial charge in [0, 0.05) is 18.2 Å². The number of hydrogen-bond donors (Lipinski definition) is 2. The van der Waals surface area contributed by atoms with E-state index >= 15 is 0 Å². The van der Waals surface area contributed by atoms with Crippen LogP contribution in [0.25, 0.3) is 0 Å². The number of thioether (sulfide) groups is 1. The normalized spacial score (nSPS) is 11.6. The largest absolute Gasteiger partial charge is 0.387 e. The molecule has 0 aliphatic carbocycles. The summed E-state index contributed by atoms with van der Waals surface area (Å²) in [5.74, 6) is 0.761. The Balaban J connectivity index is 2.95. The quantitative estimate of drug-likeness (QED) is 0.285. The van der Waals surface area contributed by atoms with Crippen molar-refractivity contribution in [1.29, 1.82) is 5.41 Å². The van der Waals surface area contributed by atoms with Crippen LogP contribution in [-0.2, 0) is 0 Å². The molecule has 0 saturated carbocycles. The summed E-state index contributed by atoms with van der Waals surface area (Å²) < 4.78 is 0. The third-order valence-electron chi connectivity index (χ3n) is 1.55. The number of aromatic nitrogens is 2. The first-order chi connectivity index (χ1) is 7.51. The zero-order valence-corrected chi connectivity index (χ0v) is 10.6. The monoisotopic (exact) mass is 257 g/mol. The summed E-state index contributed by atoms with van der Waals surface area (Å²) in [6.45, 7) is 1.67. The molecule has 0 saturated heterocycles. The fourth-order valence-corrected chi connectivity index (χ4v) is 1.59. The van der Waals surface area contributed by atoms with Gasteiger partial charge in [-0.05, 0) is 13.2 Å². The third-order valence-corrected chi connectivity index (χ3v) is 2.29. The number of aliphatic imine (C=N–C) groups is 1. The molecule has 7 heteroatoms. The summed E-state index contributed by atoms with van der Waals surface area (Å²) in [5.41, 5.74) is 6.10. The van der Waals surface area contributed by atoms with Crippen molar-refractivity contribution >= 4 is 40.7 Å². The second-order valence-electron chi connectivity index (χ2n) is 3.10. The molecule has 0 spiro atoms. The fraction of sp³-hybridized carbons (Fsp3) is 0.333. The highest BCUT2D eigenvalue weighted by atomic mass is 35.5. The van der Waals surface area contributed by atoms with Gasteiger partial charge < -0.3 is 11.1 Å². The Morgan fingerprint density at radius 1 is 1.62 bits per heavy atom. The topological polar surface area (TPSA) is 88.0 Å². The minimum atomic E-state index is 0.330. The van der Waals surface area contributed by atoms with E-state index in [-0.39, 0.29) is 0 Å². The van der Waals surface area contributed by atoms with E-state index in [0.29, 0.717) is 34.1 Å². The lowest BCUT2D eigenvalue weighted by atomic mass is 10.3. The Morgan fingerprint density at radius 3 is 2.88 bits per heavy atom. The van der Waals surface area contributed by atoms with Gasteiger partial charge in [-0.25, -0.2) is 15.0 Å². The van der Waals surface area contributed by atoms with E-state index in [0.717, 1.165) is 0 Å². The zero-order valence-electron chi connectivity index (χ0n) is 8.99. The number of amidine groups is 1. The van der Waals surface area contributed by atoms with E-state index in [9.17, 15) is 0 Å². The van der Waals surface area contributed by atoms with E-state index in [1.165, 1.54) is 17.8 Å². The van der Waals surface area contributed by atoms with Gasteiger partial charge in [-0.2, -0.15) is 0 Å². The summed E-state index contributed by atoms with van der Waals surface area (Å²) in [6, 6.07) is 1.54. The lowest BCUT2D eigenvalue weighted by Gasteiger charge is -2.01. The van der Waals surface area contributed by atoms with Crippen LogP contribution in [0.1, 0.15) is 13.3 Å². The third kappa shape index (κ3) is 4.16. The van der Waals surface area contributed by atoms with Gasteiger partial charge in [-0.15, -0.1) is 0 Å². The maximum absolute atomic E-state index is 7.29. The minimum absolute atomic E-state index is 0.330. The summed E-state index contributed by atoms with van der Waals surface area (Å²) in [4.78, 5) is 12.2. The summed E-state index contributed by atoms with van der Waals surface area (Å²) in [6.07, 6.45) is 2.18. The van der Waals surface area contributed by atoms with E-state index in [1.54, 1.807) is 6.92 Å². The van der Waals surface area contributed by atoms with Gasteiger partial charge in [0.15, 0.2) is 11.0 Å². The molecule has 3 N–H and O–H groups in total. The number of nitrogens with one attached hydrogen (secondary N) is 1. The lowest BCUT2D eigenvalue weighted by molar-refractivity contribution is 0.967. The van der Waals surface area contributed by atoms with Gasteiger partial charge in [-0.1, -0.05) is 23.4 Å². The first-order valence-electron chi connectivity index (χ1n) is 4.47. The molecule has 0 unspecified atom stereocenters. The van der Waals surface area contributed by atoms with Gasteiger partial charge in [0.25, 0.3) is 0 Å². The van der Waals surface area contributed by atoms with Crippen molar-refractivity contribution in [2.45, 2.75) is 18.5 Å². The van der Waals surface area contributed by atoms with Gasteiger partial charge in [-0.3, -0.25) is 0 Å². The molecule has 1 aromatic rings. The molecular weight excluding hydrogens is 246 g/mol.